The van der Waals surface area contributed by atoms with E-state index in [0.717, 1.165) is 44.9 Å². The number of nitrogens with zero attached hydrogens (tertiary/aromatic N) is 2. The van der Waals surface area contributed by atoms with Gasteiger partial charge in [-0.1, -0.05) is 12.8 Å². The maximum Gasteiger partial charge on any atom is 0.220 e. The number of amides is 1. The van der Waals surface area contributed by atoms with Gasteiger partial charge in [-0.3, -0.25) is 9.79 Å². The predicted molar refractivity (Wildman–Crippen MR) is 121 cm³/mol. The first-order chi connectivity index (χ1) is 12.9. The summed E-state index contributed by atoms with van der Waals surface area (Å²) in [6.07, 6.45) is 8.36. The molecule has 3 saturated heterocycles. The molecule has 1 spiro atoms. The number of nitrogens with one attached hydrogen (secondary N) is 2. The Kier molecular flexibility index (Phi) is 7.15. The maximum absolute atomic E-state index is 11.8. The van der Waals surface area contributed by atoms with Gasteiger partial charge in [-0.25, -0.2) is 8.42 Å². The van der Waals surface area contributed by atoms with E-state index in [9.17, 15) is 13.2 Å². The van der Waals surface area contributed by atoms with Gasteiger partial charge < -0.3 is 15.5 Å². The zero-order chi connectivity index (χ0) is 18.9. The first-order valence-electron chi connectivity index (χ1n) is 10.5. The van der Waals surface area contributed by atoms with E-state index in [4.69, 9.17) is 4.99 Å². The van der Waals surface area contributed by atoms with Gasteiger partial charge in [0.1, 0.15) is 0 Å². The number of rotatable bonds is 3. The Bertz CT molecular complexity index is 708. The van der Waals surface area contributed by atoms with Gasteiger partial charge in [-0.05, 0) is 38.0 Å². The molecule has 0 radical (unpaired) electrons. The van der Waals surface area contributed by atoms with Crippen LogP contribution in [-0.4, -0.2) is 68.9 Å². The monoisotopic (exact) mass is 524 g/mol. The van der Waals surface area contributed by atoms with E-state index in [1.165, 1.54) is 25.7 Å². The van der Waals surface area contributed by atoms with Crippen LogP contribution >= 0.6 is 24.0 Å². The molecule has 4 aliphatic rings. The van der Waals surface area contributed by atoms with Crippen molar-refractivity contribution in [2.75, 3.05) is 37.7 Å². The molecule has 2 unspecified atom stereocenters. The molecule has 0 bridgehead atoms. The Balaban J connectivity index is 0.00000225. The molecule has 4 fully saturated rings. The van der Waals surface area contributed by atoms with Crippen molar-refractivity contribution in [1.29, 1.82) is 0 Å². The molecule has 3 aliphatic heterocycles. The Hall–Kier alpha value is -0.580. The second-order valence-electron chi connectivity index (χ2n) is 9.04. The number of piperidine rings is 1. The third kappa shape index (κ3) is 5.31. The number of carbonyl (C=O) groups excluding carboxylic acids is 1. The highest BCUT2D eigenvalue weighted by Gasteiger charge is 2.42. The molecule has 0 aromatic carbocycles. The molecule has 3 heterocycles. The summed E-state index contributed by atoms with van der Waals surface area (Å²) in [4.78, 5) is 19.0. The quantitative estimate of drug-likeness (QED) is 0.332. The number of sulfone groups is 1. The van der Waals surface area contributed by atoms with Gasteiger partial charge in [0.05, 0.1) is 11.5 Å². The molecule has 2 N–H and O–H groups in total. The summed E-state index contributed by atoms with van der Waals surface area (Å²) in [5, 5.41) is 6.67. The number of hydrogen-bond donors (Lipinski definition) is 2. The van der Waals surface area contributed by atoms with Crippen LogP contribution in [0, 0.1) is 11.3 Å². The van der Waals surface area contributed by atoms with Crippen LogP contribution in [0.3, 0.4) is 0 Å². The third-order valence-electron chi connectivity index (χ3n) is 6.67. The molecule has 1 saturated carbocycles. The second-order valence-corrected chi connectivity index (χ2v) is 11.3. The van der Waals surface area contributed by atoms with Crippen molar-refractivity contribution >= 4 is 45.7 Å². The summed E-state index contributed by atoms with van der Waals surface area (Å²) < 4.78 is 23.5. The number of guanidine groups is 1. The predicted octanol–water partition coefficient (Wildman–Crippen LogP) is 1.53. The van der Waals surface area contributed by atoms with Gasteiger partial charge in [0, 0.05) is 44.1 Å². The van der Waals surface area contributed by atoms with Crippen molar-refractivity contribution in [3.63, 3.8) is 0 Å². The van der Waals surface area contributed by atoms with E-state index < -0.39 is 9.84 Å². The van der Waals surface area contributed by atoms with Crippen LogP contribution in [0.2, 0.25) is 0 Å². The van der Waals surface area contributed by atoms with Crippen molar-refractivity contribution in [1.82, 2.24) is 15.5 Å². The average molecular weight is 524 g/mol. The minimum absolute atomic E-state index is 0. The van der Waals surface area contributed by atoms with Crippen molar-refractivity contribution in [2.24, 2.45) is 16.3 Å². The molecule has 0 aromatic rings. The number of hydrogen-bond acceptors (Lipinski definition) is 4. The summed E-state index contributed by atoms with van der Waals surface area (Å²) in [7, 11) is -2.86. The summed E-state index contributed by atoms with van der Waals surface area (Å²) in [6, 6.07) is 0.470. The van der Waals surface area contributed by atoms with Crippen LogP contribution in [0.1, 0.15) is 51.4 Å². The average Bonchev–Trinajstić information content (AvgIpc) is 3.33. The largest absolute Gasteiger partial charge is 0.355 e. The highest BCUT2D eigenvalue weighted by atomic mass is 127. The Morgan fingerprint density at radius 3 is 2.68 bits per heavy atom. The van der Waals surface area contributed by atoms with Crippen LogP contribution in [0.5, 0.6) is 0 Å². The number of halogens is 1. The Labute approximate surface area is 185 Å². The van der Waals surface area contributed by atoms with Gasteiger partial charge in [0.15, 0.2) is 15.8 Å². The SMILES string of the molecule is I.O=C1CC2(CCCN(C(=NCC3CCS(=O)(=O)C3)NC3CCCC3)C2)CN1. The van der Waals surface area contributed by atoms with E-state index in [1.54, 1.807) is 0 Å². The van der Waals surface area contributed by atoms with Gasteiger partial charge in [0.2, 0.25) is 5.91 Å². The van der Waals surface area contributed by atoms with Crippen molar-refractivity contribution in [3.8, 4) is 0 Å². The van der Waals surface area contributed by atoms with Crippen LogP contribution in [0.4, 0.5) is 0 Å². The van der Waals surface area contributed by atoms with Crippen molar-refractivity contribution in [3.05, 3.63) is 0 Å². The molecule has 28 heavy (non-hydrogen) atoms. The number of aliphatic imine (C=N–C) groups is 1. The standard InChI is InChI=1S/C19H32N4O3S.HI/c24-17-10-19(13-21-17)7-3-8-23(14-19)18(22-16-4-1-2-5-16)20-11-15-6-9-27(25,26)12-15;/h15-16H,1-14H2,(H,20,22)(H,21,24);1H. The number of likely N-dealkylation sites (tertiary alicyclic amines) is 1. The zero-order valence-corrected chi connectivity index (χ0v) is 19.6. The molecule has 4 rings (SSSR count). The first-order valence-corrected chi connectivity index (χ1v) is 12.3. The zero-order valence-electron chi connectivity index (χ0n) is 16.5. The first kappa shape index (κ1) is 22.1. The van der Waals surface area contributed by atoms with Crippen LogP contribution < -0.4 is 10.6 Å². The van der Waals surface area contributed by atoms with Crippen LogP contribution in [0.25, 0.3) is 0 Å². The molecular weight excluding hydrogens is 491 g/mol. The van der Waals surface area contributed by atoms with Crippen molar-refractivity contribution in [2.45, 2.75) is 57.4 Å². The van der Waals surface area contributed by atoms with E-state index in [2.05, 4.69) is 15.5 Å². The molecule has 0 aromatic heterocycles. The maximum atomic E-state index is 11.8. The molecular formula is C19H33IN4O3S. The second kappa shape index (κ2) is 9.06. The number of carbonyl (C=O) groups is 1. The minimum atomic E-state index is -2.86. The van der Waals surface area contributed by atoms with Gasteiger partial charge >= 0.3 is 0 Å². The highest BCUT2D eigenvalue weighted by molar-refractivity contribution is 14.0. The molecule has 2 atom stereocenters. The van der Waals surface area contributed by atoms with Gasteiger partial charge in [-0.15, -0.1) is 24.0 Å². The molecule has 1 aliphatic carbocycles. The minimum Gasteiger partial charge on any atom is -0.355 e. The lowest BCUT2D eigenvalue weighted by Crippen LogP contribution is -2.53. The van der Waals surface area contributed by atoms with Crippen LogP contribution in [0.15, 0.2) is 4.99 Å². The summed E-state index contributed by atoms with van der Waals surface area (Å²) in [6.45, 7) is 3.15. The summed E-state index contributed by atoms with van der Waals surface area (Å²) >= 11 is 0. The Morgan fingerprint density at radius 2 is 2.04 bits per heavy atom. The lowest BCUT2D eigenvalue weighted by molar-refractivity contribution is -0.119. The van der Waals surface area contributed by atoms with Crippen LogP contribution in [-0.2, 0) is 14.6 Å². The van der Waals surface area contributed by atoms with Crippen molar-refractivity contribution < 1.29 is 13.2 Å². The molecule has 1 amide bonds. The third-order valence-corrected chi connectivity index (χ3v) is 8.51. The smallest absolute Gasteiger partial charge is 0.220 e. The Morgan fingerprint density at radius 1 is 1.25 bits per heavy atom. The fourth-order valence-electron chi connectivity index (χ4n) is 5.15. The summed E-state index contributed by atoms with van der Waals surface area (Å²) in [5.74, 6) is 1.82. The van der Waals surface area contributed by atoms with E-state index in [1.807, 2.05) is 0 Å². The van der Waals surface area contributed by atoms with E-state index >= 15 is 0 Å². The molecule has 7 nitrogen and oxygen atoms in total. The fourth-order valence-corrected chi connectivity index (χ4v) is 7.00. The van der Waals surface area contributed by atoms with Gasteiger partial charge in [-0.2, -0.15) is 0 Å². The van der Waals surface area contributed by atoms with E-state index in [-0.39, 0.29) is 47.0 Å². The summed E-state index contributed by atoms with van der Waals surface area (Å²) in [5.41, 5.74) is 0.0319. The normalized spacial score (nSPS) is 33.1. The van der Waals surface area contributed by atoms with E-state index in [0.29, 0.717) is 24.8 Å². The topological polar surface area (TPSA) is 90.9 Å². The lowest BCUT2D eigenvalue weighted by atomic mass is 9.79. The lowest BCUT2D eigenvalue weighted by Gasteiger charge is -2.41. The highest BCUT2D eigenvalue weighted by Crippen LogP contribution is 2.36. The van der Waals surface area contributed by atoms with Gasteiger partial charge in [0.25, 0.3) is 0 Å². The molecule has 9 heteroatoms. The fraction of sp³-hybridized carbons (Fsp3) is 0.895. The molecule has 160 valence electrons.